The number of fused-ring (bicyclic) bond motifs is 1. The van der Waals surface area contributed by atoms with E-state index in [-0.39, 0.29) is 28.5 Å². The highest BCUT2D eigenvalue weighted by Crippen LogP contribution is 2.67. The fourth-order valence-electron chi connectivity index (χ4n) is 6.09. The van der Waals surface area contributed by atoms with Crippen LogP contribution in [0.4, 0.5) is 5.95 Å². The number of anilines is 1. The Morgan fingerprint density at radius 1 is 1.06 bits per heavy atom. The van der Waals surface area contributed by atoms with E-state index in [1.54, 1.807) is 12.1 Å². The number of aliphatic hydroxyl groups excluding tert-OH is 2. The minimum atomic E-state index is -5.27. The molecule has 2 unspecified atom stereocenters. The molecule has 19 heteroatoms. The number of aromatic amines is 1. The summed E-state index contributed by atoms with van der Waals surface area (Å²) in [6.45, 7) is -5.79. The Labute approximate surface area is 273 Å². The number of phosphoric acid groups is 1. The Hall–Kier alpha value is -3.73. The minimum Gasteiger partial charge on any atom is -0.387 e. The molecule has 1 aliphatic heterocycles. The minimum absolute atomic E-state index is 0.0302. The van der Waals surface area contributed by atoms with E-state index >= 15 is 0 Å². The highest BCUT2D eigenvalue weighted by Gasteiger charge is 2.48. The first kappa shape index (κ1) is 32.8. The van der Waals surface area contributed by atoms with Crippen molar-refractivity contribution >= 4 is 81.2 Å². The number of rotatable bonds is 10. The molecule has 0 spiro atoms. The lowest BCUT2D eigenvalue weighted by atomic mass is 9.91. The summed E-state index contributed by atoms with van der Waals surface area (Å²) in [6, 6.07) is 17.0. The number of carbonyl (C=O) groups is 1. The molecule has 48 heavy (non-hydrogen) atoms. The van der Waals surface area contributed by atoms with Gasteiger partial charge >= 0.3 is 20.3 Å². The van der Waals surface area contributed by atoms with Crippen LogP contribution in [0.1, 0.15) is 16.6 Å². The number of aromatic nitrogens is 4. The summed E-state index contributed by atoms with van der Waals surface area (Å²) >= 11 is 0.146. The molecule has 3 heterocycles. The van der Waals surface area contributed by atoms with E-state index in [0.29, 0.717) is 10.9 Å². The number of benzene rings is 4. The second-order valence-corrected chi connectivity index (χ2v) is 16.8. The van der Waals surface area contributed by atoms with Gasteiger partial charge in [-0.3, -0.25) is 23.7 Å². The van der Waals surface area contributed by atoms with Crippen LogP contribution in [0, 0.1) is 0 Å². The predicted octanol–water partition coefficient (Wildman–Crippen LogP) is 2.50. The highest BCUT2D eigenvalue weighted by atomic mass is 32.7. The summed E-state index contributed by atoms with van der Waals surface area (Å²) in [4.78, 5) is 52.6. The molecule has 7 rings (SSSR count). The van der Waals surface area contributed by atoms with Crippen LogP contribution >= 0.6 is 26.0 Å². The summed E-state index contributed by atoms with van der Waals surface area (Å²) in [5.41, 5.74) is 5.53. The molecule has 1 saturated heterocycles. The molecular weight excluding hydrogens is 688 g/mol. The molecule has 0 bridgehead atoms. The van der Waals surface area contributed by atoms with Gasteiger partial charge in [-0.25, -0.2) is 13.7 Å². The topological polar surface area (TPSA) is 240 Å². The number of carbonyl (C=O) groups excluding carboxylic acids is 1. The van der Waals surface area contributed by atoms with Crippen molar-refractivity contribution < 1.29 is 52.1 Å². The number of Topliss-reactive ketones (excluding diaryl/α,β-unsaturated/α-hetero) is 1. The normalized spacial score (nSPS) is 22.5. The number of nitrogens with one attached hydrogen (secondary N) is 1. The molecule has 0 radical (unpaired) electrons. The lowest BCUT2D eigenvalue weighted by molar-refractivity contribution is -0.745. The quantitative estimate of drug-likeness (QED) is 0.0517. The maximum atomic E-state index is 13.3. The van der Waals surface area contributed by atoms with Crippen molar-refractivity contribution in [2.24, 2.45) is 7.05 Å². The second kappa shape index (κ2) is 12.0. The van der Waals surface area contributed by atoms with E-state index in [0.717, 1.165) is 26.9 Å². The molecule has 250 valence electrons. The number of H-pyrrole nitrogens is 1. The van der Waals surface area contributed by atoms with Crippen LogP contribution < -0.4 is 15.9 Å². The van der Waals surface area contributed by atoms with Gasteiger partial charge in [0.2, 0.25) is 11.7 Å². The fourth-order valence-corrected chi connectivity index (χ4v) is 10.3. The van der Waals surface area contributed by atoms with Crippen molar-refractivity contribution in [2.45, 2.75) is 24.5 Å². The smallest absolute Gasteiger partial charge is 0.387 e. The third-order valence-electron chi connectivity index (χ3n) is 8.20. The lowest BCUT2D eigenvalue weighted by Gasteiger charge is -2.19. The highest BCUT2D eigenvalue weighted by molar-refractivity contribution is 8.55. The standard InChI is InChI=1S/C29H27N5O11P2S/c1-33-13-34(26-23(33)27(38)32-29(30)31-26)28-25(37)24(36)20(44-28)11-43-46(39,40)45-47(41,42)48-12-19(35)17-9-7-16-6-5-14-3-2-4-15-8-10-18(17)22(16)21(14)15/h2-10,13,20,24-25,28,36-37H,11-12H2,1H3,(H4-,30,31,32,38,39,40,41,42)/p+1/t20-,24-,25-,28-/m1/s1. The van der Waals surface area contributed by atoms with Crippen molar-refractivity contribution in [1.82, 2.24) is 14.5 Å². The zero-order valence-electron chi connectivity index (χ0n) is 24.9. The Morgan fingerprint density at radius 3 is 2.46 bits per heavy atom. The number of aryl methyl sites for hydroxylation is 1. The summed E-state index contributed by atoms with van der Waals surface area (Å²) in [5, 5.41) is 26.7. The number of phosphoric ester groups is 1. The third-order valence-corrected chi connectivity index (χ3v) is 13.0. The molecule has 1 fully saturated rings. The number of aliphatic hydroxyl groups is 2. The maximum Gasteiger partial charge on any atom is 0.480 e. The number of nitrogens with two attached hydrogens (primary N) is 1. The van der Waals surface area contributed by atoms with Crippen LogP contribution in [0.25, 0.3) is 43.5 Å². The van der Waals surface area contributed by atoms with Crippen molar-refractivity contribution in [3.63, 3.8) is 0 Å². The monoisotopic (exact) mass is 716 g/mol. The van der Waals surface area contributed by atoms with Crippen LogP contribution in [0.2, 0.25) is 0 Å². The van der Waals surface area contributed by atoms with Crippen LogP contribution in [0.15, 0.2) is 65.7 Å². The molecule has 6 atom stereocenters. The van der Waals surface area contributed by atoms with Gasteiger partial charge in [0.05, 0.1) is 19.4 Å². The van der Waals surface area contributed by atoms with Gasteiger partial charge in [0.25, 0.3) is 11.5 Å². The largest absolute Gasteiger partial charge is 0.480 e. The number of imidazole rings is 1. The number of hydrogen-bond acceptors (Lipinski definition) is 12. The first-order valence-corrected chi connectivity index (χ1v) is 19.0. The SMILES string of the molecule is Cn1c[n+]([C@@H]2O[C@H](COP(=O)(O)OP(=O)(O)SCC(=O)c3ccc4ccc5cccc6ccc3c4c56)[C@@H](O)[C@H]2O)c2nc(N)[nH]c(=O)c21. The molecule has 16 nitrogen and oxygen atoms in total. The van der Waals surface area contributed by atoms with Gasteiger partial charge in [0, 0.05) is 5.56 Å². The summed E-state index contributed by atoms with van der Waals surface area (Å²) in [7, 11) is -3.73. The Bertz CT molecular complexity index is 2390. The van der Waals surface area contributed by atoms with Gasteiger partial charge in [0.1, 0.15) is 18.3 Å². The van der Waals surface area contributed by atoms with Crippen molar-refractivity contribution in [1.29, 1.82) is 0 Å². The third kappa shape index (κ3) is 5.81. The second-order valence-electron chi connectivity index (χ2n) is 11.3. The van der Waals surface area contributed by atoms with Gasteiger partial charge in [-0.15, -0.1) is 0 Å². The van der Waals surface area contributed by atoms with E-state index in [9.17, 15) is 38.7 Å². The van der Waals surface area contributed by atoms with Gasteiger partial charge in [-0.1, -0.05) is 59.6 Å². The van der Waals surface area contributed by atoms with Crippen molar-refractivity contribution in [3.8, 4) is 0 Å². The Balaban J connectivity index is 1.01. The predicted molar refractivity (Wildman–Crippen MR) is 175 cm³/mol. The van der Waals surface area contributed by atoms with E-state index < -0.39 is 62.9 Å². The molecule has 7 N–H and O–H groups in total. The fraction of sp³-hybridized carbons (Fsp3) is 0.241. The van der Waals surface area contributed by atoms with Crippen LogP contribution in [-0.2, 0) is 29.7 Å². The molecule has 0 amide bonds. The molecule has 1 aliphatic rings. The van der Waals surface area contributed by atoms with Crippen LogP contribution in [0.3, 0.4) is 0 Å². The number of ketones is 1. The zero-order chi connectivity index (χ0) is 34.1. The van der Waals surface area contributed by atoms with E-state index in [1.807, 2.05) is 42.5 Å². The molecule has 6 aromatic rings. The maximum absolute atomic E-state index is 13.3. The van der Waals surface area contributed by atoms with E-state index in [1.165, 1.54) is 22.5 Å². The van der Waals surface area contributed by atoms with Gasteiger partial charge in [-0.05, 0) is 43.7 Å². The van der Waals surface area contributed by atoms with Crippen LogP contribution in [0.5, 0.6) is 0 Å². The van der Waals surface area contributed by atoms with E-state index in [2.05, 4.69) is 14.3 Å². The van der Waals surface area contributed by atoms with Gasteiger partial charge < -0.3 is 30.5 Å². The Kier molecular flexibility index (Phi) is 8.20. The summed E-state index contributed by atoms with van der Waals surface area (Å²) < 4.78 is 43.2. The molecule has 0 saturated carbocycles. The summed E-state index contributed by atoms with van der Waals surface area (Å²) in [6.07, 6.45) is -4.64. The first-order valence-electron chi connectivity index (χ1n) is 14.4. The van der Waals surface area contributed by atoms with Gasteiger partial charge in [0.15, 0.2) is 12.1 Å². The number of ether oxygens (including phenoxy) is 1. The number of nitrogen functional groups attached to an aromatic ring is 1. The molecular formula is C29H28N5O11P2S+. The van der Waals surface area contributed by atoms with Crippen LogP contribution in [-0.4, -0.2) is 71.0 Å². The zero-order valence-corrected chi connectivity index (χ0v) is 27.5. The first-order chi connectivity index (χ1) is 22.7. The molecule has 0 aliphatic carbocycles. The lowest BCUT2D eigenvalue weighted by Crippen LogP contribution is -2.46. The molecule has 4 aromatic carbocycles. The molecule has 2 aromatic heterocycles. The summed E-state index contributed by atoms with van der Waals surface area (Å²) in [5.74, 6) is -1.27. The van der Waals surface area contributed by atoms with Gasteiger partial charge in [-0.2, -0.15) is 4.31 Å². The average Bonchev–Trinajstić information content (AvgIpc) is 3.51. The average molecular weight is 717 g/mol. The van der Waals surface area contributed by atoms with Crippen molar-refractivity contribution in [3.05, 3.63) is 76.8 Å². The van der Waals surface area contributed by atoms with E-state index in [4.69, 9.17) is 15.0 Å². The van der Waals surface area contributed by atoms with Crippen molar-refractivity contribution in [2.75, 3.05) is 18.1 Å². The number of hydrogen-bond donors (Lipinski definition) is 6. The Morgan fingerprint density at radius 2 is 1.73 bits per heavy atom. The number of nitrogens with zero attached hydrogens (tertiary/aromatic N) is 3.